The van der Waals surface area contributed by atoms with Crippen LogP contribution in [0.4, 0.5) is 5.69 Å². The smallest absolute Gasteiger partial charge is 0.328 e. The number of amides is 1. The van der Waals surface area contributed by atoms with E-state index in [-0.39, 0.29) is 23.4 Å². The van der Waals surface area contributed by atoms with E-state index in [4.69, 9.17) is 9.47 Å². The molecule has 142 valence electrons. The van der Waals surface area contributed by atoms with Crippen molar-refractivity contribution in [1.29, 1.82) is 0 Å². The number of aromatic hydroxyl groups is 1. The molecule has 0 aliphatic rings. The number of carbonyl (C=O) groups is 2. The largest absolute Gasteiger partial charge is 0.508 e. The van der Waals surface area contributed by atoms with E-state index in [1.165, 1.54) is 56.7 Å². The Balaban J connectivity index is 2.28. The number of rotatable bonds is 7. The third-order valence-corrected chi connectivity index (χ3v) is 3.82. The number of nitrogens with zero attached hydrogens (tertiary/aromatic N) is 1. The van der Waals surface area contributed by atoms with Crippen molar-refractivity contribution in [2.75, 3.05) is 14.2 Å². The van der Waals surface area contributed by atoms with Crippen molar-refractivity contribution in [3.05, 3.63) is 63.7 Å². The van der Waals surface area contributed by atoms with Crippen molar-refractivity contribution in [2.45, 2.75) is 12.5 Å². The van der Waals surface area contributed by atoms with E-state index >= 15 is 0 Å². The number of hydrogen-bond acceptors (Lipinski definition) is 7. The lowest BCUT2D eigenvalue weighted by molar-refractivity contribution is -0.384. The van der Waals surface area contributed by atoms with Gasteiger partial charge < -0.3 is 19.9 Å². The summed E-state index contributed by atoms with van der Waals surface area (Å²) >= 11 is 0. The fraction of sp³-hybridized carbons (Fsp3) is 0.222. The van der Waals surface area contributed by atoms with Crippen molar-refractivity contribution in [3.8, 4) is 11.5 Å². The number of esters is 1. The van der Waals surface area contributed by atoms with Gasteiger partial charge in [-0.25, -0.2) is 4.79 Å². The molecule has 0 bridgehead atoms. The molecule has 2 aromatic rings. The van der Waals surface area contributed by atoms with Crippen molar-refractivity contribution in [3.63, 3.8) is 0 Å². The minimum atomic E-state index is -1.09. The van der Waals surface area contributed by atoms with Crippen molar-refractivity contribution in [2.24, 2.45) is 0 Å². The first-order chi connectivity index (χ1) is 12.8. The molecule has 0 aliphatic heterocycles. The van der Waals surface area contributed by atoms with Crippen molar-refractivity contribution >= 4 is 17.6 Å². The molecule has 2 aromatic carbocycles. The van der Waals surface area contributed by atoms with Crippen LogP contribution in [0.1, 0.15) is 15.9 Å². The molecule has 9 heteroatoms. The second-order valence-electron chi connectivity index (χ2n) is 5.55. The van der Waals surface area contributed by atoms with Crippen LogP contribution in [0, 0.1) is 10.1 Å². The van der Waals surface area contributed by atoms with E-state index in [0.29, 0.717) is 11.3 Å². The minimum absolute atomic E-state index is 0.00241. The van der Waals surface area contributed by atoms with Gasteiger partial charge in [-0.2, -0.15) is 0 Å². The third-order valence-electron chi connectivity index (χ3n) is 3.82. The quantitative estimate of drug-likeness (QED) is 0.430. The zero-order valence-corrected chi connectivity index (χ0v) is 14.7. The summed E-state index contributed by atoms with van der Waals surface area (Å²) in [6.45, 7) is 0. The van der Waals surface area contributed by atoms with Gasteiger partial charge in [0.1, 0.15) is 17.5 Å². The number of phenols is 1. The first kappa shape index (κ1) is 19.7. The lowest BCUT2D eigenvalue weighted by atomic mass is 10.0. The molecule has 27 heavy (non-hydrogen) atoms. The van der Waals surface area contributed by atoms with Gasteiger partial charge >= 0.3 is 5.97 Å². The van der Waals surface area contributed by atoms with Gasteiger partial charge in [0.25, 0.3) is 11.6 Å². The van der Waals surface area contributed by atoms with Crippen molar-refractivity contribution < 1.29 is 29.1 Å². The number of hydrogen-bond donors (Lipinski definition) is 2. The van der Waals surface area contributed by atoms with Crippen LogP contribution in [0.25, 0.3) is 0 Å². The monoisotopic (exact) mass is 374 g/mol. The van der Waals surface area contributed by atoms with Crippen LogP contribution in [-0.4, -0.2) is 42.2 Å². The van der Waals surface area contributed by atoms with E-state index in [1.54, 1.807) is 0 Å². The zero-order chi connectivity index (χ0) is 20.0. The van der Waals surface area contributed by atoms with Gasteiger partial charge in [0.2, 0.25) is 0 Å². The molecule has 0 radical (unpaired) electrons. The van der Waals surface area contributed by atoms with Crippen LogP contribution in [0.3, 0.4) is 0 Å². The van der Waals surface area contributed by atoms with Crippen LogP contribution in [0.5, 0.6) is 11.5 Å². The van der Waals surface area contributed by atoms with Gasteiger partial charge in [0, 0.05) is 29.7 Å². The highest BCUT2D eigenvalue weighted by Crippen LogP contribution is 2.25. The maximum absolute atomic E-state index is 12.4. The molecular formula is C18H18N2O7. The van der Waals surface area contributed by atoms with Gasteiger partial charge in [0.05, 0.1) is 19.1 Å². The fourth-order valence-corrected chi connectivity index (χ4v) is 2.45. The summed E-state index contributed by atoms with van der Waals surface area (Å²) in [5, 5.41) is 22.8. The van der Waals surface area contributed by atoms with Gasteiger partial charge in [-0.05, 0) is 30.3 Å². The van der Waals surface area contributed by atoms with Crippen LogP contribution < -0.4 is 10.1 Å². The van der Waals surface area contributed by atoms with E-state index in [1.807, 2.05) is 0 Å². The summed E-state index contributed by atoms with van der Waals surface area (Å²) in [5.74, 6) is -0.934. The Bertz CT molecular complexity index is 849. The van der Waals surface area contributed by atoms with Crippen LogP contribution in [0.2, 0.25) is 0 Å². The van der Waals surface area contributed by atoms with Gasteiger partial charge in [0.15, 0.2) is 0 Å². The Morgan fingerprint density at radius 2 is 1.85 bits per heavy atom. The summed E-state index contributed by atoms with van der Waals surface area (Å²) in [4.78, 5) is 34.9. The number of ether oxygens (including phenoxy) is 2. The SMILES string of the molecule is COC(=O)[C@@H](Cc1cc([N+](=O)[O-])ccc1OC)NC(=O)c1ccc(O)cc1. The lowest BCUT2D eigenvalue weighted by Crippen LogP contribution is -2.43. The van der Waals surface area contributed by atoms with Gasteiger partial charge in [-0.15, -0.1) is 0 Å². The summed E-state index contributed by atoms with van der Waals surface area (Å²) in [7, 11) is 2.57. The number of non-ortho nitro benzene ring substituents is 1. The normalized spacial score (nSPS) is 11.3. The number of benzene rings is 2. The standard InChI is InChI=1S/C18H18N2O7/c1-26-16-8-5-13(20(24)25)9-12(16)10-15(18(23)27-2)19-17(22)11-3-6-14(21)7-4-11/h3-9,15,21H,10H2,1-2H3,(H,19,22)/t15-/m1/s1. The summed E-state index contributed by atoms with van der Waals surface area (Å²) < 4.78 is 9.91. The molecule has 0 spiro atoms. The molecule has 1 atom stereocenters. The molecule has 9 nitrogen and oxygen atoms in total. The second kappa shape index (κ2) is 8.65. The van der Waals surface area contributed by atoms with Gasteiger partial charge in [-0.3, -0.25) is 14.9 Å². The highest BCUT2D eigenvalue weighted by molar-refractivity contribution is 5.97. The van der Waals surface area contributed by atoms with E-state index in [0.717, 1.165) is 0 Å². The Morgan fingerprint density at radius 3 is 2.41 bits per heavy atom. The topological polar surface area (TPSA) is 128 Å². The van der Waals surface area contributed by atoms with Crippen molar-refractivity contribution in [1.82, 2.24) is 5.32 Å². The van der Waals surface area contributed by atoms with E-state index in [2.05, 4.69) is 5.32 Å². The van der Waals surface area contributed by atoms with Gasteiger partial charge in [-0.1, -0.05) is 0 Å². The predicted octanol–water partition coefficient (Wildman–Crippen LogP) is 1.82. The first-order valence-corrected chi connectivity index (χ1v) is 7.84. The Labute approximate surface area is 154 Å². The zero-order valence-electron chi connectivity index (χ0n) is 14.7. The Hall–Kier alpha value is -3.62. The summed E-state index contributed by atoms with van der Waals surface area (Å²) in [6.07, 6.45) is -0.0681. The maximum atomic E-state index is 12.4. The highest BCUT2D eigenvalue weighted by Gasteiger charge is 2.25. The minimum Gasteiger partial charge on any atom is -0.508 e. The molecule has 1 amide bonds. The number of nitro groups is 1. The molecule has 0 heterocycles. The molecule has 0 unspecified atom stereocenters. The molecule has 0 aromatic heterocycles. The second-order valence-corrected chi connectivity index (χ2v) is 5.55. The lowest BCUT2D eigenvalue weighted by Gasteiger charge is -2.18. The summed E-state index contributed by atoms with van der Waals surface area (Å²) in [6, 6.07) is 8.36. The molecule has 0 aliphatic carbocycles. The predicted molar refractivity (Wildman–Crippen MR) is 94.7 cm³/mol. The third kappa shape index (κ3) is 4.94. The maximum Gasteiger partial charge on any atom is 0.328 e. The number of phenolic OH excluding ortho intramolecular Hbond substituents is 1. The average molecular weight is 374 g/mol. The van der Waals surface area contributed by atoms with E-state index < -0.39 is 22.8 Å². The molecule has 0 fully saturated rings. The molecule has 0 saturated carbocycles. The molecule has 2 N–H and O–H groups in total. The highest BCUT2D eigenvalue weighted by atomic mass is 16.6. The number of methoxy groups -OCH3 is 2. The molecular weight excluding hydrogens is 356 g/mol. The number of nitrogens with one attached hydrogen (secondary N) is 1. The van der Waals surface area contributed by atoms with Crippen LogP contribution in [-0.2, 0) is 16.0 Å². The first-order valence-electron chi connectivity index (χ1n) is 7.84. The average Bonchev–Trinajstić information content (AvgIpc) is 2.67. The Morgan fingerprint density at radius 1 is 1.19 bits per heavy atom. The van der Waals surface area contributed by atoms with Crippen LogP contribution in [0.15, 0.2) is 42.5 Å². The number of nitro benzene ring substituents is 1. The van der Waals surface area contributed by atoms with E-state index in [9.17, 15) is 24.8 Å². The Kier molecular flexibility index (Phi) is 6.32. The fourth-order valence-electron chi connectivity index (χ4n) is 2.45. The number of carbonyl (C=O) groups excluding carboxylic acids is 2. The van der Waals surface area contributed by atoms with Crippen LogP contribution >= 0.6 is 0 Å². The molecule has 2 rings (SSSR count). The molecule has 0 saturated heterocycles. The summed E-state index contributed by atoms with van der Waals surface area (Å²) in [5.41, 5.74) is 0.431.